The van der Waals surface area contributed by atoms with E-state index in [1.807, 2.05) is 50.2 Å². The summed E-state index contributed by atoms with van der Waals surface area (Å²) >= 11 is 6.79. The van der Waals surface area contributed by atoms with Crippen molar-refractivity contribution in [3.63, 3.8) is 0 Å². The number of hydrogen-bond donors (Lipinski definition) is 1. The van der Waals surface area contributed by atoms with Crippen molar-refractivity contribution in [1.82, 2.24) is 10.2 Å². The summed E-state index contributed by atoms with van der Waals surface area (Å²) in [5.41, 5.74) is 0.939. The van der Waals surface area contributed by atoms with Gasteiger partial charge in [-0.05, 0) is 54.8 Å². The summed E-state index contributed by atoms with van der Waals surface area (Å²) in [7, 11) is 0. The molecule has 0 aliphatic carbocycles. The van der Waals surface area contributed by atoms with Crippen LogP contribution in [0.15, 0.2) is 57.5 Å². The van der Waals surface area contributed by atoms with Crippen LogP contribution in [0.5, 0.6) is 5.75 Å². The molecule has 0 bridgehead atoms. The van der Waals surface area contributed by atoms with Gasteiger partial charge in [-0.1, -0.05) is 57.8 Å². The molecule has 0 heterocycles. The minimum Gasteiger partial charge on any atom is -0.484 e. The minimum atomic E-state index is -0.613. The predicted octanol–water partition coefficient (Wildman–Crippen LogP) is 4.78. The molecular formula is C22H26Br2N2O3. The second-order valence-corrected chi connectivity index (χ2v) is 9.04. The molecule has 0 spiro atoms. The molecule has 1 unspecified atom stereocenters. The van der Waals surface area contributed by atoms with E-state index < -0.39 is 6.04 Å². The fraction of sp³-hybridized carbons (Fsp3) is 0.364. The summed E-state index contributed by atoms with van der Waals surface area (Å²) in [5.74, 6) is 0.514. The minimum absolute atomic E-state index is 0.139. The SMILES string of the molecule is CC(C)CNC(=O)C(C)N(Cc1ccc(Br)cc1)C(=O)COc1ccc(Br)cc1. The number of nitrogens with zero attached hydrogens (tertiary/aromatic N) is 1. The summed E-state index contributed by atoms with van der Waals surface area (Å²) in [6.45, 7) is 6.56. The van der Waals surface area contributed by atoms with Gasteiger partial charge in [0.05, 0.1) is 0 Å². The fourth-order valence-electron chi connectivity index (χ4n) is 2.58. The van der Waals surface area contributed by atoms with Gasteiger partial charge >= 0.3 is 0 Å². The number of carbonyl (C=O) groups excluding carboxylic acids is 2. The predicted molar refractivity (Wildman–Crippen MR) is 122 cm³/mol. The second-order valence-electron chi connectivity index (χ2n) is 7.21. The molecule has 29 heavy (non-hydrogen) atoms. The van der Waals surface area contributed by atoms with Crippen LogP contribution in [0.2, 0.25) is 0 Å². The Morgan fingerprint density at radius 3 is 2.07 bits per heavy atom. The Kier molecular flexibility index (Phi) is 9.17. The molecule has 2 amide bonds. The van der Waals surface area contributed by atoms with Gasteiger partial charge in [-0.3, -0.25) is 9.59 Å². The molecule has 7 heteroatoms. The molecule has 2 rings (SSSR count). The zero-order valence-corrected chi connectivity index (χ0v) is 20.0. The lowest BCUT2D eigenvalue weighted by Gasteiger charge is -2.29. The Labute approximate surface area is 189 Å². The van der Waals surface area contributed by atoms with E-state index in [1.165, 1.54) is 0 Å². The summed E-state index contributed by atoms with van der Waals surface area (Å²) in [4.78, 5) is 27.1. The van der Waals surface area contributed by atoms with E-state index in [-0.39, 0.29) is 18.4 Å². The molecule has 1 N–H and O–H groups in total. The normalized spacial score (nSPS) is 11.8. The molecular weight excluding hydrogens is 500 g/mol. The van der Waals surface area contributed by atoms with Gasteiger partial charge in [-0.2, -0.15) is 0 Å². The first-order chi connectivity index (χ1) is 13.8. The molecule has 2 aromatic rings. The molecule has 0 fully saturated rings. The van der Waals surface area contributed by atoms with E-state index in [1.54, 1.807) is 24.0 Å². The number of carbonyl (C=O) groups is 2. The molecule has 0 saturated carbocycles. The third-order valence-corrected chi connectivity index (χ3v) is 5.35. The van der Waals surface area contributed by atoms with Crippen LogP contribution in [0.25, 0.3) is 0 Å². The van der Waals surface area contributed by atoms with Crippen LogP contribution in [0.4, 0.5) is 0 Å². The molecule has 2 aromatic carbocycles. The summed E-state index contributed by atoms with van der Waals surface area (Å²) in [6, 6.07) is 14.3. The Morgan fingerprint density at radius 1 is 0.966 bits per heavy atom. The van der Waals surface area contributed by atoms with E-state index >= 15 is 0 Å². The van der Waals surface area contributed by atoms with Crippen molar-refractivity contribution in [3.8, 4) is 5.75 Å². The zero-order valence-electron chi connectivity index (χ0n) is 16.8. The van der Waals surface area contributed by atoms with Crippen molar-refractivity contribution in [3.05, 3.63) is 63.0 Å². The van der Waals surface area contributed by atoms with Gasteiger partial charge in [0.15, 0.2) is 6.61 Å². The highest BCUT2D eigenvalue weighted by molar-refractivity contribution is 9.10. The van der Waals surface area contributed by atoms with Crippen molar-refractivity contribution in [2.24, 2.45) is 5.92 Å². The van der Waals surface area contributed by atoms with Crippen molar-refractivity contribution in [2.75, 3.05) is 13.2 Å². The number of benzene rings is 2. The highest BCUT2D eigenvalue weighted by Gasteiger charge is 2.26. The average Bonchev–Trinajstić information content (AvgIpc) is 2.70. The van der Waals surface area contributed by atoms with Crippen LogP contribution in [0.3, 0.4) is 0 Å². The number of rotatable bonds is 9. The molecule has 0 aliphatic rings. The van der Waals surface area contributed by atoms with Crippen LogP contribution in [0, 0.1) is 5.92 Å². The standard InChI is InChI=1S/C22H26Br2N2O3/c1-15(2)12-25-22(28)16(3)26(13-17-4-6-18(23)7-5-17)21(27)14-29-20-10-8-19(24)9-11-20/h4-11,15-16H,12-14H2,1-3H3,(H,25,28). The maximum Gasteiger partial charge on any atom is 0.261 e. The maximum absolute atomic E-state index is 12.9. The van der Waals surface area contributed by atoms with Crippen molar-refractivity contribution in [2.45, 2.75) is 33.4 Å². The van der Waals surface area contributed by atoms with Gasteiger partial charge in [0.2, 0.25) is 5.91 Å². The van der Waals surface area contributed by atoms with Crippen molar-refractivity contribution in [1.29, 1.82) is 0 Å². The zero-order chi connectivity index (χ0) is 21.4. The maximum atomic E-state index is 12.9. The summed E-state index contributed by atoms with van der Waals surface area (Å²) < 4.78 is 7.53. The third kappa shape index (κ3) is 7.82. The second kappa shape index (κ2) is 11.4. The molecule has 0 radical (unpaired) electrons. The van der Waals surface area contributed by atoms with E-state index in [0.717, 1.165) is 14.5 Å². The first-order valence-corrected chi connectivity index (χ1v) is 11.0. The van der Waals surface area contributed by atoms with Gasteiger partial charge in [0.25, 0.3) is 5.91 Å². The van der Waals surface area contributed by atoms with Crippen LogP contribution in [-0.2, 0) is 16.1 Å². The lowest BCUT2D eigenvalue weighted by molar-refractivity contribution is -0.142. The lowest BCUT2D eigenvalue weighted by Crippen LogP contribution is -2.49. The Morgan fingerprint density at radius 2 is 1.52 bits per heavy atom. The Hall–Kier alpha value is -1.86. The number of hydrogen-bond acceptors (Lipinski definition) is 3. The Bertz CT molecular complexity index is 808. The summed E-state index contributed by atoms with van der Waals surface area (Å²) in [5, 5.41) is 2.91. The number of nitrogens with one attached hydrogen (secondary N) is 1. The van der Waals surface area contributed by atoms with E-state index in [0.29, 0.717) is 24.8 Å². The quantitative estimate of drug-likeness (QED) is 0.512. The average molecular weight is 526 g/mol. The van der Waals surface area contributed by atoms with Gasteiger partial charge in [0, 0.05) is 22.0 Å². The summed E-state index contributed by atoms with van der Waals surface area (Å²) in [6.07, 6.45) is 0. The molecule has 1 atom stereocenters. The fourth-order valence-corrected chi connectivity index (χ4v) is 3.11. The van der Waals surface area contributed by atoms with Crippen LogP contribution in [0.1, 0.15) is 26.3 Å². The van der Waals surface area contributed by atoms with Gasteiger partial charge < -0.3 is 15.0 Å². The van der Waals surface area contributed by atoms with E-state index in [2.05, 4.69) is 37.2 Å². The third-order valence-electron chi connectivity index (χ3n) is 4.29. The van der Waals surface area contributed by atoms with Crippen LogP contribution >= 0.6 is 31.9 Å². The molecule has 5 nitrogen and oxygen atoms in total. The largest absolute Gasteiger partial charge is 0.484 e. The first kappa shape index (κ1) is 23.4. The van der Waals surface area contributed by atoms with Crippen molar-refractivity contribution >= 4 is 43.7 Å². The smallest absolute Gasteiger partial charge is 0.261 e. The van der Waals surface area contributed by atoms with Gasteiger partial charge in [-0.25, -0.2) is 0 Å². The molecule has 0 aromatic heterocycles. The number of amides is 2. The molecule has 0 aliphatic heterocycles. The van der Waals surface area contributed by atoms with E-state index in [9.17, 15) is 9.59 Å². The van der Waals surface area contributed by atoms with Crippen LogP contribution in [-0.4, -0.2) is 35.9 Å². The Balaban J connectivity index is 2.10. The number of halogens is 2. The first-order valence-electron chi connectivity index (χ1n) is 9.46. The molecule has 156 valence electrons. The highest BCUT2D eigenvalue weighted by atomic mass is 79.9. The van der Waals surface area contributed by atoms with Crippen molar-refractivity contribution < 1.29 is 14.3 Å². The number of ether oxygens (including phenoxy) is 1. The monoisotopic (exact) mass is 524 g/mol. The van der Waals surface area contributed by atoms with Gasteiger partial charge in [0.1, 0.15) is 11.8 Å². The lowest BCUT2D eigenvalue weighted by atomic mass is 10.1. The molecule has 0 saturated heterocycles. The van der Waals surface area contributed by atoms with Gasteiger partial charge in [-0.15, -0.1) is 0 Å². The highest BCUT2D eigenvalue weighted by Crippen LogP contribution is 2.17. The van der Waals surface area contributed by atoms with E-state index in [4.69, 9.17) is 4.74 Å². The van der Waals surface area contributed by atoms with Crippen LogP contribution < -0.4 is 10.1 Å². The topological polar surface area (TPSA) is 58.6 Å².